The molecule has 0 spiro atoms. The molecule has 1 aliphatic rings. The third kappa shape index (κ3) is 2.68. The van der Waals surface area contributed by atoms with Gasteiger partial charge in [-0.1, -0.05) is 16.6 Å². The number of nitrogens with one attached hydrogen (secondary N) is 1. The number of hydrogen-bond acceptors (Lipinski definition) is 7. The van der Waals surface area contributed by atoms with E-state index in [0.717, 1.165) is 23.5 Å². The molecule has 0 saturated heterocycles. The van der Waals surface area contributed by atoms with Crippen molar-refractivity contribution in [3.05, 3.63) is 16.4 Å². The van der Waals surface area contributed by atoms with Crippen LogP contribution in [0.25, 0.3) is 0 Å². The molecule has 106 valence electrons. The highest BCUT2D eigenvalue weighted by molar-refractivity contribution is 7.15. The smallest absolute Gasteiger partial charge is 0.248 e. The fourth-order valence-corrected chi connectivity index (χ4v) is 2.64. The van der Waals surface area contributed by atoms with E-state index in [9.17, 15) is 9.90 Å². The van der Waals surface area contributed by atoms with Crippen LogP contribution in [0.4, 0.5) is 5.13 Å². The molecular formula is C11H14N6O2S. The molecule has 2 N–H and O–H groups in total. The van der Waals surface area contributed by atoms with Crippen molar-refractivity contribution in [1.29, 1.82) is 0 Å². The summed E-state index contributed by atoms with van der Waals surface area (Å²) < 4.78 is 1.56. The monoisotopic (exact) mass is 294 g/mol. The van der Waals surface area contributed by atoms with Crippen molar-refractivity contribution in [1.82, 2.24) is 25.2 Å². The van der Waals surface area contributed by atoms with Crippen LogP contribution in [-0.2, 0) is 17.9 Å². The molecule has 0 aliphatic heterocycles. The van der Waals surface area contributed by atoms with Crippen molar-refractivity contribution < 1.29 is 9.90 Å². The summed E-state index contributed by atoms with van der Waals surface area (Å²) in [5.74, 6) is 0.140. The first-order chi connectivity index (χ1) is 9.67. The van der Waals surface area contributed by atoms with Crippen molar-refractivity contribution in [3.8, 4) is 0 Å². The van der Waals surface area contributed by atoms with E-state index in [-0.39, 0.29) is 19.1 Å². The van der Waals surface area contributed by atoms with E-state index in [1.54, 1.807) is 4.68 Å². The number of anilines is 1. The van der Waals surface area contributed by atoms with Crippen LogP contribution in [0.15, 0.2) is 0 Å². The molecule has 1 saturated carbocycles. The molecule has 0 aromatic carbocycles. The lowest BCUT2D eigenvalue weighted by molar-refractivity contribution is -0.117. The van der Waals surface area contributed by atoms with E-state index in [4.69, 9.17) is 0 Å². The topological polar surface area (TPSA) is 106 Å². The third-order valence-corrected chi connectivity index (χ3v) is 3.78. The number of aliphatic hydroxyl groups is 1. The zero-order chi connectivity index (χ0) is 14.1. The molecule has 2 heterocycles. The van der Waals surface area contributed by atoms with Crippen LogP contribution in [0, 0.1) is 6.92 Å². The van der Waals surface area contributed by atoms with Gasteiger partial charge in [-0.3, -0.25) is 10.1 Å². The number of carbonyl (C=O) groups excluding carboxylic acids is 1. The van der Waals surface area contributed by atoms with Crippen LogP contribution in [0.5, 0.6) is 0 Å². The zero-order valence-corrected chi connectivity index (χ0v) is 11.7. The molecule has 0 unspecified atom stereocenters. The van der Waals surface area contributed by atoms with Crippen LogP contribution in [-0.4, -0.2) is 36.2 Å². The first-order valence-electron chi connectivity index (χ1n) is 6.30. The summed E-state index contributed by atoms with van der Waals surface area (Å²) in [7, 11) is 0. The molecular weight excluding hydrogens is 280 g/mol. The number of hydrogen-bond donors (Lipinski definition) is 2. The van der Waals surface area contributed by atoms with Gasteiger partial charge in [0.25, 0.3) is 0 Å². The van der Waals surface area contributed by atoms with Gasteiger partial charge in [0.15, 0.2) is 0 Å². The summed E-state index contributed by atoms with van der Waals surface area (Å²) in [4.78, 5) is 12.0. The van der Waals surface area contributed by atoms with Gasteiger partial charge in [-0.25, -0.2) is 4.68 Å². The van der Waals surface area contributed by atoms with Gasteiger partial charge in [0.2, 0.25) is 11.0 Å². The molecule has 0 radical (unpaired) electrons. The van der Waals surface area contributed by atoms with E-state index in [1.807, 2.05) is 6.92 Å². The number of nitrogens with zero attached hydrogens (tertiary/aromatic N) is 5. The predicted octanol–water partition coefficient (Wildman–Crippen LogP) is 0.446. The fourth-order valence-electron chi connectivity index (χ4n) is 2.03. The molecule has 2 aromatic rings. The SMILES string of the molecule is Cc1nnc(NC(=O)Cn2nnc(CO)c2C2CC2)s1. The quantitative estimate of drug-likeness (QED) is 0.829. The molecule has 1 fully saturated rings. The Hall–Kier alpha value is -1.87. The van der Waals surface area contributed by atoms with Crippen molar-refractivity contribution >= 4 is 22.4 Å². The Morgan fingerprint density at radius 1 is 1.45 bits per heavy atom. The average Bonchev–Trinajstić information content (AvgIpc) is 3.05. The Morgan fingerprint density at radius 2 is 2.25 bits per heavy atom. The van der Waals surface area contributed by atoms with Crippen LogP contribution >= 0.6 is 11.3 Å². The van der Waals surface area contributed by atoms with Gasteiger partial charge >= 0.3 is 0 Å². The first-order valence-corrected chi connectivity index (χ1v) is 7.12. The summed E-state index contributed by atoms with van der Waals surface area (Å²) in [6.07, 6.45) is 2.11. The molecule has 20 heavy (non-hydrogen) atoms. The lowest BCUT2D eigenvalue weighted by Crippen LogP contribution is -2.21. The van der Waals surface area contributed by atoms with Crippen molar-refractivity contribution in [2.45, 2.75) is 38.8 Å². The minimum atomic E-state index is -0.225. The number of aliphatic hydroxyl groups excluding tert-OH is 1. The van der Waals surface area contributed by atoms with Crippen LogP contribution in [0.2, 0.25) is 0 Å². The molecule has 0 bridgehead atoms. The van der Waals surface area contributed by atoms with Crippen LogP contribution < -0.4 is 5.32 Å². The van der Waals surface area contributed by atoms with E-state index in [2.05, 4.69) is 25.8 Å². The minimum absolute atomic E-state index is 0.0669. The van der Waals surface area contributed by atoms with Crippen LogP contribution in [0.3, 0.4) is 0 Å². The Kier molecular flexibility index (Phi) is 3.45. The lowest BCUT2D eigenvalue weighted by atomic mass is 10.2. The Morgan fingerprint density at radius 3 is 2.85 bits per heavy atom. The lowest BCUT2D eigenvalue weighted by Gasteiger charge is -2.05. The highest BCUT2D eigenvalue weighted by Crippen LogP contribution is 2.41. The van der Waals surface area contributed by atoms with E-state index in [0.29, 0.717) is 16.7 Å². The summed E-state index contributed by atoms with van der Waals surface area (Å²) in [6.45, 7) is 1.74. The number of amides is 1. The highest BCUT2D eigenvalue weighted by atomic mass is 32.1. The zero-order valence-electron chi connectivity index (χ0n) is 10.9. The van der Waals surface area contributed by atoms with Crippen LogP contribution in [0.1, 0.15) is 35.2 Å². The normalized spacial score (nSPS) is 14.5. The Balaban J connectivity index is 1.71. The molecule has 8 nitrogen and oxygen atoms in total. The highest BCUT2D eigenvalue weighted by Gasteiger charge is 2.31. The summed E-state index contributed by atoms with van der Waals surface area (Å²) >= 11 is 1.32. The van der Waals surface area contributed by atoms with E-state index < -0.39 is 0 Å². The van der Waals surface area contributed by atoms with Gasteiger partial charge in [-0.15, -0.1) is 15.3 Å². The molecule has 1 amide bonds. The molecule has 0 atom stereocenters. The summed E-state index contributed by atoms with van der Waals surface area (Å²) in [5.41, 5.74) is 1.43. The van der Waals surface area contributed by atoms with E-state index in [1.165, 1.54) is 11.3 Å². The second-order valence-electron chi connectivity index (χ2n) is 4.69. The van der Waals surface area contributed by atoms with Gasteiger partial charge < -0.3 is 5.11 Å². The average molecular weight is 294 g/mol. The molecule has 2 aromatic heterocycles. The number of aromatic nitrogens is 5. The molecule has 9 heteroatoms. The number of rotatable bonds is 5. The van der Waals surface area contributed by atoms with Gasteiger partial charge in [0.05, 0.1) is 12.3 Å². The summed E-state index contributed by atoms with van der Waals surface area (Å²) in [6, 6.07) is 0. The maximum absolute atomic E-state index is 12.0. The Bertz CT molecular complexity index is 633. The Labute approximate surface area is 118 Å². The fraction of sp³-hybridized carbons (Fsp3) is 0.545. The first kappa shape index (κ1) is 13.1. The third-order valence-electron chi connectivity index (χ3n) is 3.03. The summed E-state index contributed by atoms with van der Waals surface area (Å²) in [5, 5.41) is 28.7. The molecule has 3 rings (SSSR count). The van der Waals surface area contributed by atoms with Gasteiger partial charge in [-0.2, -0.15) is 0 Å². The standard InChI is InChI=1S/C11H14N6O2S/c1-6-13-15-11(20-6)12-9(19)4-17-10(7-2-3-7)8(5-18)14-16-17/h7,18H,2-5H2,1H3,(H,12,15,19). The number of carbonyl (C=O) groups is 1. The maximum Gasteiger partial charge on any atom is 0.248 e. The second kappa shape index (κ2) is 5.25. The van der Waals surface area contributed by atoms with Gasteiger partial charge in [-0.05, 0) is 19.8 Å². The van der Waals surface area contributed by atoms with Crippen molar-refractivity contribution in [2.24, 2.45) is 0 Å². The second-order valence-corrected chi connectivity index (χ2v) is 5.87. The maximum atomic E-state index is 12.0. The van der Waals surface area contributed by atoms with Crippen molar-refractivity contribution in [2.75, 3.05) is 5.32 Å². The largest absolute Gasteiger partial charge is 0.390 e. The van der Waals surface area contributed by atoms with E-state index >= 15 is 0 Å². The van der Waals surface area contributed by atoms with Gasteiger partial charge in [0.1, 0.15) is 17.2 Å². The predicted molar refractivity (Wildman–Crippen MR) is 71.2 cm³/mol. The number of aryl methyl sites for hydroxylation is 1. The minimum Gasteiger partial charge on any atom is -0.390 e. The van der Waals surface area contributed by atoms with Gasteiger partial charge in [0, 0.05) is 5.92 Å². The molecule has 1 aliphatic carbocycles. The van der Waals surface area contributed by atoms with Crippen molar-refractivity contribution in [3.63, 3.8) is 0 Å².